The van der Waals surface area contributed by atoms with Gasteiger partial charge in [-0.15, -0.1) is 0 Å². The number of nitrogens with one attached hydrogen (secondary N) is 1. The van der Waals surface area contributed by atoms with Crippen LogP contribution in [0.3, 0.4) is 0 Å². The molecule has 1 unspecified atom stereocenters. The zero-order chi connectivity index (χ0) is 15.1. The summed E-state index contributed by atoms with van der Waals surface area (Å²) in [5.74, 6) is -1.12. The summed E-state index contributed by atoms with van der Waals surface area (Å²) in [4.78, 5) is 23.7. The first kappa shape index (κ1) is 15.9. The van der Waals surface area contributed by atoms with E-state index in [1.165, 1.54) is 29.2 Å². The summed E-state index contributed by atoms with van der Waals surface area (Å²) in [5.41, 5.74) is 0.585. The maximum Gasteiger partial charge on any atom is 0.321 e. The van der Waals surface area contributed by atoms with E-state index in [1.807, 2.05) is 6.92 Å². The number of carboxylic acid groups (broad SMARTS) is 1. The van der Waals surface area contributed by atoms with Gasteiger partial charge in [0.15, 0.2) is 0 Å². The minimum absolute atomic E-state index is 0.0802. The van der Waals surface area contributed by atoms with Crippen molar-refractivity contribution in [3.05, 3.63) is 30.1 Å². The minimum atomic E-state index is -0.841. The van der Waals surface area contributed by atoms with Crippen molar-refractivity contribution in [2.45, 2.75) is 19.8 Å². The Morgan fingerprint density at radius 2 is 1.95 bits per heavy atom. The molecular formula is C14H19FN2O3. The van der Waals surface area contributed by atoms with Gasteiger partial charge in [0, 0.05) is 25.7 Å². The Balaban J connectivity index is 2.42. The normalized spacial score (nSPS) is 11.8. The summed E-state index contributed by atoms with van der Waals surface area (Å²) in [6.45, 7) is 2.28. The monoisotopic (exact) mass is 282 g/mol. The van der Waals surface area contributed by atoms with Gasteiger partial charge in [-0.3, -0.25) is 9.69 Å². The molecular weight excluding hydrogens is 263 g/mol. The smallest absolute Gasteiger partial charge is 0.321 e. The highest BCUT2D eigenvalue weighted by atomic mass is 19.1. The number of aliphatic carboxylic acids is 1. The fourth-order valence-corrected chi connectivity index (χ4v) is 1.63. The van der Waals surface area contributed by atoms with Crippen LogP contribution in [0.1, 0.15) is 19.8 Å². The van der Waals surface area contributed by atoms with Gasteiger partial charge >= 0.3 is 12.0 Å². The molecule has 1 aromatic carbocycles. The highest BCUT2D eigenvalue weighted by Crippen LogP contribution is 2.13. The van der Waals surface area contributed by atoms with Crippen molar-refractivity contribution < 1.29 is 19.1 Å². The van der Waals surface area contributed by atoms with E-state index in [4.69, 9.17) is 5.11 Å². The molecule has 0 saturated heterocycles. The number of nitrogens with zero attached hydrogens (tertiary/aromatic N) is 1. The quantitative estimate of drug-likeness (QED) is 0.842. The summed E-state index contributed by atoms with van der Waals surface area (Å²) in [7, 11) is 1.59. The number of carbonyl (C=O) groups is 2. The molecule has 0 saturated carbocycles. The summed E-state index contributed by atoms with van der Waals surface area (Å²) in [6, 6.07) is 5.30. The molecule has 0 fully saturated rings. The van der Waals surface area contributed by atoms with Crippen LogP contribution in [0.5, 0.6) is 0 Å². The van der Waals surface area contributed by atoms with Crippen molar-refractivity contribution in [2.75, 3.05) is 18.5 Å². The molecule has 2 amide bonds. The fraction of sp³-hybridized carbons (Fsp3) is 0.429. The van der Waals surface area contributed by atoms with E-state index in [0.717, 1.165) is 0 Å². The summed E-state index contributed by atoms with van der Waals surface area (Å²) in [5, 5.41) is 11.3. The maximum absolute atomic E-state index is 12.8. The van der Waals surface area contributed by atoms with Crippen molar-refractivity contribution in [3.63, 3.8) is 0 Å². The molecule has 0 aliphatic carbocycles. The number of rotatable bonds is 6. The van der Waals surface area contributed by atoms with E-state index >= 15 is 0 Å². The minimum Gasteiger partial charge on any atom is -0.481 e. The predicted molar refractivity (Wildman–Crippen MR) is 74.2 cm³/mol. The number of urea groups is 1. The number of amides is 2. The largest absolute Gasteiger partial charge is 0.481 e. The first-order valence-electron chi connectivity index (χ1n) is 6.39. The lowest BCUT2D eigenvalue weighted by Crippen LogP contribution is -2.39. The van der Waals surface area contributed by atoms with Crippen molar-refractivity contribution in [1.29, 1.82) is 0 Å². The van der Waals surface area contributed by atoms with E-state index < -0.39 is 5.97 Å². The summed E-state index contributed by atoms with van der Waals surface area (Å²) >= 11 is 0. The van der Waals surface area contributed by atoms with Gasteiger partial charge in [0.1, 0.15) is 5.82 Å². The fourth-order valence-electron chi connectivity index (χ4n) is 1.63. The molecule has 110 valence electrons. The Bertz CT molecular complexity index is 462. The molecule has 0 aliphatic rings. The third kappa shape index (κ3) is 5.26. The van der Waals surface area contributed by atoms with Gasteiger partial charge in [0.05, 0.1) is 0 Å². The van der Waals surface area contributed by atoms with Crippen molar-refractivity contribution >= 4 is 17.7 Å². The zero-order valence-corrected chi connectivity index (χ0v) is 11.6. The second-order valence-electron chi connectivity index (χ2n) is 4.76. The zero-order valence-electron chi connectivity index (χ0n) is 11.6. The molecule has 0 bridgehead atoms. The number of benzene rings is 1. The third-order valence-corrected chi connectivity index (χ3v) is 2.97. The van der Waals surface area contributed by atoms with Crippen LogP contribution in [-0.4, -0.2) is 30.7 Å². The molecule has 2 N–H and O–H groups in total. The Labute approximate surface area is 117 Å². The molecule has 1 aromatic rings. The van der Waals surface area contributed by atoms with Crippen molar-refractivity contribution in [3.8, 4) is 0 Å². The molecule has 0 radical (unpaired) electrons. The van der Waals surface area contributed by atoms with Crippen LogP contribution in [0, 0.1) is 11.7 Å². The molecule has 5 nitrogen and oxygen atoms in total. The van der Waals surface area contributed by atoms with E-state index in [1.54, 1.807) is 7.05 Å². The number of carbonyl (C=O) groups excluding carboxylic acids is 1. The van der Waals surface area contributed by atoms with Crippen molar-refractivity contribution in [1.82, 2.24) is 5.32 Å². The standard InChI is InChI=1S/C14H19FN2O3/c1-10(3-8-13(18)19)9-16-14(20)17(2)12-6-4-11(15)5-7-12/h4-7,10H,3,8-9H2,1-2H3,(H,16,20)(H,18,19). The second-order valence-corrected chi connectivity index (χ2v) is 4.76. The number of hydrogen-bond acceptors (Lipinski definition) is 2. The van der Waals surface area contributed by atoms with Crippen LogP contribution in [0.15, 0.2) is 24.3 Å². The Hall–Kier alpha value is -2.11. The van der Waals surface area contributed by atoms with Gasteiger partial charge in [-0.1, -0.05) is 6.92 Å². The Morgan fingerprint density at radius 1 is 1.35 bits per heavy atom. The molecule has 0 heterocycles. The van der Waals surface area contributed by atoms with Gasteiger partial charge in [-0.25, -0.2) is 9.18 Å². The number of hydrogen-bond donors (Lipinski definition) is 2. The summed E-state index contributed by atoms with van der Waals surface area (Å²) in [6.07, 6.45) is 0.598. The molecule has 0 spiro atoms. The van der Waals surface area contributed by atoms with Gasteiger partial charge in [0.2, 0.25) is 0 Å². The van der Waals surface area contributed by atoms with Crippen LogP contribution < -0.4 is 10.2 Å². The SMILES string of the molecule is CC(CCC(=O)O)CNC(=O)N(C)c1ccc(F)cc1. The molecule has 0 aliphatic heterocycles. The molecule has 20 heavy (non-hydrogen) atoms. The third-order valence-electron chi connectivity index (χ3n) is 2.97. The Kier molecular flexibility index (Phi) is 5.96. The van der Waals surface area contributed by atoms with Crippen LogP contribution in [0.4, 0.5) is 14.9 Å². The maximum atomic E-state index is 12.8. The van der Waals surface area contributed by atoms with Crippen LogP contribution in [0.2, 0.25) is 0 Å². The predicted octanol–water partition coefficient (Wildman–Crippen LogP) is 2.47. The first-order chi connectivity index (χ1) is 9.40. The molecule has 1 atom stereocenters. The highest BCUT2D eigenvalue weighted by molar-refractivity contribution is 5.91. The van der Waals surface area contributed by atoms with Crippen LogP contribution in [-0.2, 0) is 4.79 Å². The number of halogens is 1. The van der Waals surface area contributed by atoms with Gasteiger partial charge in [-0.05, 0) is 36.6 Å². The highest BCUT2D eigenvalue weighted by Gasteiger charge is 2.12. The first-order valence-corrected chi connectivity index (χ1v) is 6.39. The second kappa shape index (κ2) is 7.47. The topological polar surface area (TPSA) is 69.6 Å². The molecule has 6 heteroatoms. The van der Waals surface area contributed by atoms with E-state index in [9.17, 15) is 14.0 Å². The van der Waals surface area contributed by atoms with Crippen molar-refractivity contribution in [2.24, 2.45) is 5.92 Å². The van der Waals surface area contributed by atoms with Gasteiger partial charge < -0.3 is 10.4 Å². The lowest BCUT2D eigenvalue weighted by molar-refractivity contribution is -0.137. The van der Waals surface area contributed by atoms with E-state index in [0.29, 0.717) is 18.7 Å². The van der Waals surface area contributed by atoms with Crippen LogP contribution >= 0.6 is 0 Å². The summed E-state index contributed by atoms with van der Waals surface area (Å²) < 4.78 is 12.8. The molecule has 0 aromatic heterocycles. The average molecular weight is 282 g/mol. The average Bonchev–Trinajstić information content (AvgIpc) is 2.42. The lowest BCUT2D eigenvalue weighted by Gasteiger charge is -2.19. The molecule has 1 rings (SSSR count). The van der Waals surface area contributed by atoms with Gasteiger partial charge in [0.25, 0.3) is 0 Å². The van der Waals surface area contributed by atoms with E-state index in [-0.39, 0.29) is 24.2 Å². The lowest BCUT2D eigenvalue weighted by atomic mass is 10.1. The number of anilines is 1. The van der Waals surface area contributed by atoms with Crippen LogP contribution in [0.25, 0.3) is 0 Å². The Morgan fingerprint density at radius 3 is 2.50 bits per heavy atom. The van der Waals surface area contributed by atoms with E-state index in [2.05, 4.69) is 5.32 Å². The van der Waals surface area contributed by atoms with Gasteiger partial charge in [-0.2, -0.15) is 0 Å². The number of carboxylic acids is 1.